The maximum Gasteiger partial charge on any atom is 0.0795 e. The van der Waals surface area contributed by atoms with Crippen molar-refractivity contribution in [2.45, 2.75) is 70.4 Å². The summed E-state index contributed by atoms with van der Waals surface area (Å²) in [5.74, 6) is 0.847. The van der Waals surface area contributed by atoms with E-state index in [2.05, 4.69) is 25.1 Å². The average Bonchev–Trinajstić information content (AvgIpc) is 3.41. The van der Waals surface area contributed by atoms with Gasteiger partial charge in [-0.05, 0) is 64.1 Å². The molecule has 1 aromatic rings. The zero-order valence-corrected chi connectivity index (χ0v) is 17.8. The van der Waals surface area contributed by atoms with Crippen LogP contribution in [-0.2, 0) is 6.54 Å². The standard InChI is InChI=1S/C22H38N4S/c1-4-10-24(11-5-1)13-14-25(17-21-18-27-19-23-21)15-20-7-6-12-26(16-20)22-8-2-3-9-22/h18-20,22H,1-17H2. The summed E-state index contributed by atoms with van der Waals surface area (Å²) in [5, 5.41) is 2.24. The second-order valence-corrected chi connectivity index (χ2v) is 9.78. The van der Waals surface area contributed by atoms with E-state index in [0.29, 0.717) is 0 Å². The van der Waals surface area contributed by atoms with Crippen LogP contribution in [0.15, 0.2) is 10.9 Å². The van der Waals surface area contributed by atoms with E-state index in [1.165, 1.54) is 109 Å². The minimum absolute atomic E-state index is 0.847. The van der Waals surface area contributed by atoms with Crippen LogP contribution in [0, 0.1) is 5.92 Å². The Morgan fingerprint density at radius 3 is 2.63 bits per heavy atom. The molecule has 0 aromatic carbocycles. The molecule has 1 saturated carbocycles. The molecule has 152 valence electrons. The molecule has 1 unspecified atom stereocenters. The normalized spacial score (nSPS) is 26.2. The molecular weight excluding hydrogens is 352 g/mol. The topological polar surface area (TPSA) is 22.6 Å². The first kappa shape index (κ1) is 19.8. The Hall–Kier alpha value is -0.490. The highest BCUT2D eigenvalue weighted by molar-refractivity contribution is 7.07. The largest absolute Gasteiger partial charge is 0.302 e. The number of hydrogen-bond donors (Lipinski definition) is 0. The van der Waals surface area contributed by atoms with Gasteiger partial charge < -0.3 is 9.80 Å². The van der Waals surface area contributed by atoms with Crippen LogP contribution < -0.4 is 0 Å². The van der Waals surface area contributed by atoms with Crippen molar-refractivity contribution in [2.24, 2.45) is 5.92 Å². The summed E-state index contributed by atoms with van der Waals surface area (Å²) in [5.41, 5.74) is 3.25. The molecule has 0 radical (unpaired) electrons. The SMILES string of the molecule is c1nc(CN(CCN2CCCCC2)CC2CCCN(C3CCCC3)C2)cs1. The maximum atomic E-state index is 4.57. The second kappa shape index (κ2) is 10.3. The van der Waals surface area contributed by atoms with Gasteiger partial charge in [-0.25, -0.2) is 4.98 Å². The first-order valence-corrected chi connectivity index (χ1v) is 12.4. The monoisotopic (exact) mass is 390 g/mol. The molecule has 5 heteroatoms. The van der Waals surface area contributed by atoms with Gasteiger partial charge in [-0.3, -0.25) is 4.90 Å². The van der Waals surface area contributed by atoms with Crippen molar-refractivity contribution >= 4 is 11.3 Å². The van der Waals surface area contributed by atoms with E-state index < -0.39 is 0 Å². The first-order chi connectivity index (χ1) is 13.4. The van der Waals surface area contributed by atoms with Gasteiger partial charge in [0.05, 0.1) is 11.2 Å². The summed E-state index contributed by atoms with van der Waals surface area (Å²) >= 11 is 1.73. The molecule has 0 N–H and O–H groups in total. The molecule has 2 saturated heterocycles. The molecule has 1 aromatic heterocycles. The van der Waals surface area contributed by atoms with Crippen LogP contribution >= 0.6 is 11.3 Å². The number of hydrogen-bond acceptors (Lipinski definition) is 5. The maximum absolute atomic E-state index is 4.57. The van der Waals surface area contributed by atoms with Gasteiger partial charge in [0.15, 0.2) is 0 Å². The highest BCUT2D eigenvalue weighted by Gasteiger charge is 2.29. The molecule has 0 spiro atoms. The van der Waals surface area contributed by atoms with Crippen molar-refractivity contribution in [1.82, 2.24) is 19.7 Å². The van der Waals surface area contributed by atoms with Crippen molar-refractivity contribution in [2.75, 3.05) is 45.8 Å². The molecule has 1 aliphatic carbocycles. The third-order valence-corrected chi connectivity index (χ3v) is 7.59. The van der Waals surface area contributed by atoms with Gasteiger partial charge in [0.25, 0.3) is 0 Å². The predicted molar refractivity (Wildman–Crippen MR) is 114 cm³/mol. The van der Waals surface area contributed by atoms with Crippen LogP contribution in [0.1, 0.15) is 63.5 Å². The predicted octanol–water partition coefficient (Wildman–Crippen LogP) is 4.09. The Labute approximate surface area is 169 Å². The molecule has 0 bridgehead atoms. The van der Waals surface area contributed by atoms with Gasteiger partial charge in [-0.15, -0.1) is 11.3 Å². The van der Waals surface area contributed by atoms with Crippen LogP contribution in [0.4, 0.5) is 0 Å². The summed E-state index contributed by atoms with van der Waals surface area (Å²) in [6, 6.07) is 0.896. The van der Waals surface area contributed by atoms with Crippen molar-refractivity contribution in [3.05, 3.63) is 16.6 Å². The van der Waals surface area contributed by atoms with Crippen molar-refractivity contribution < 1.29 is 0 Å². The summed E-state index contributed by atoms with van der Waals surface area (Å²) in [7, 11) is 0. The lowest BCUT2D eigenvalue weighted by molar-refractivity contribution is 0.0909. The molecule has 0 amide bonds. The molecular formula is C22H38N4S. The Bertz CT molecular complexity index is 522. The lowest BCUT2D eigenvalue weighted by atomic mass is 9.95. The molecule has 3 fully saturated rings. The van der Waals surface area contributed by atoms with Gasteiger partial charge in [0.1, 0.15) is 0 Å². The zero-order chi connectivity index (χ0) is 18.3. The molecule has 27 heavy (non-hydrogen) atoms. The van der Waals surface area contributed by atoms with Gasteiger partial charge in [0.2, 0.25) is 0 Å². The number of thiazole rings is 1. The van der Waals surface area contributed by atoms with Gasteiger partial charge in [-0.2, -0.15) is 0 Å². The van der Waals surface area contributed by atoms with Crippen LogP contribution in [-0.4, -0.2) is 71.5 Å². The Balaban J connectivity index is 1.31. The number of rotatable bonds is 8. The lowest BCUT2D eigenvalue weighted by Crippen LogP contribution is -2.46. The number of piperidine rings is 2. The number of nitrogens with zero attached hydrogens (tertiary/aromatic N) is 4. The van der Waals surface area contributed by atoms with E-state index in [1.807, 2.05) is 5.51 Å². The molecule has 2 aliphatic heterocycles. The molecule has 4 rings (SSSR count). The first-order valence-electron chi connectivity index (χ1n) is 11.4. The Kier molecular flexibility index (Phi) is 7.58. The van der Waals surface area contributed by atoms with Crippen molar-refractivity contribution in [1.29, 1.82) is 0 Å². The Morgan fingerprint density at radius 1 is 1.00 bits per heavy atom. The number of likely N-dealkylation sites (tertiary alicyclic amines) is 2. The van der Waals surface area contributed by atoms with E-state index in [1.54, 1.807) is 11.3 Å². The smallest absolute Gasteiger partial charge is 0.0795 e. The second-order valence-electron chi connectivity index (χ2n) is 9.06. The lowest BCUT2D eigenvalue weighted by Gasteiger charge is -2.39. The summed E-state index contributed by atoms with van der Waals surface area (Å²) in [6.07, 6.45) is 12.8. The molecule has 1 atom stereocenters. The fraction of sp³-hybridized carbons (Fsp3) is 0.864. The highest BCUT2D eigenvalue weighted by Crippen LogP contribution is 2.28. The minimum atomic E-state index is 0.847. The van der Waals surface area contributed by atoms with E-state index in [9.17, 15) is 0 Å². The van der Waals surface area contributed by atoms with Crippen LogP contribution in [0.5, 0.6) is 0 Å². The Morgan fingerprint density at radius 2 is 1.85 bits per heavy atom. The zero-order valence-electron chi connectivity index (χ0n) is 17.0. The summed E-state index contributed by atoms with van der Waals surface area (Å²) in [6.45, 7) is 10.0. The average molecular weight is 391 g/mol. The van der Waals surface area contributed by atoms with Gasteiger partial charge in [0, 0.05) is 44.1 Å². The molecule has 3 heterocycles. The minimum Gasteiger partial charge on any atom is -0.302 e. The van der Waals surface area contributed by atoms with E-state index >= 15 is 0 Å². The van der Waals surface area contributed by atoms with Crippen molar-refractivity contribution in [3.8, 4) is 0 Å². The quantitative estimate of drug-likeness (QED) is 0.667. The molecule has 4 nitrogen and oxygen atoms in total. The fourth-order valence-electron chi connectivity index (χ4n) is 5.46. The highest BCUT2D eigenvalue weighted by atomic mass is 32.1. The number of aromatic nitrogens is 1. The summed E-state index contributed by atoms with van der Waals surface area (Å²) in [4.78, 5) is 12.8. The molecule has 3 aliphatic rings. The van der Waals surface area contributed by atoms with E-state index in [4.69, 9.17) is 0 Å². The summed E-state index contributed by atoms with van der Waals surface area (Å²) < 4.78 is 0. The van der Waals surface area contributed by atoms with E-state index in [-0.39, 0.29) is 0 Å². The van der Waals surface area contributed by atoms with E-state index in [0.717, 1.165) is 18.5 Å². The van der Waals surface area contributed by atoms with Gasteiger partial charge >= 0.3 is 0 Å². The van der Waals surface area contributed by atoms with Crippen LogP contribution in [0.2, 0.25) is 0 Å². The van der Waals surface area contributed by atoms with Crippen LogP contribution in [0.25, 0.3) is 0 Å². The fourth-order valence-corrected chi connectivity index (χ4v) is 6.01. The third-order valence-electron chi connectivity index (χ3n) is 6.96. The van der Waals surface area contributed by atoms with Crippen LogP contribution in [0.3, 0.4) is 0 Å². The third kappa shape index (κ3) is 5.99. The van der Waals surface area contributed by atoms with Crippen molar-refractivity contribution in [3.63, 3.8) is 0 Å². The van der Waals surface area contributed by atoms with Gasteiger partial charge in [-0.1, -0.05) is 19.3 Å².